The molecule has 0 radical (unpaired) electrons. The summed E-state index contributed by atoms with van der Waals surface area (Å²) in [5, 5.41) is 6.93. The number of carbonyl (C=O) groups excluding carboxylic acids is 2. The fourth-order valence-electron chi connectivity index (χ4n) is 4.26. The molecule has 5 N–H and O–H groups in total. The molecule has 40 heavy (non-hydrogen) atoms. The molecule has 214 valence electrons. The van der Waals surface area contributed by atoms with Gasteiger partial charge in [0.2, 0.25) is 0 Å². The van der Waals surface area contributed by atoms with Gasteiger partial charge in [-0.15, -0.1) is 0 Å². The zero-order chi connectivity index (χ0) is 29.6. The van der Waals surface area contributed by atoms with Crippen molar-refractivity contribution >= 4 is 17.6 Å². The van der Waals surface area contributed by atoms with E-state index in [9.17, 15) is 27.2 Å². The number of carbonyl (C=O) groups is 2. The van der Waals surface area contributed by atoms with Crippen molar-refractivity contribution in [2.24, 2.45) is 5.73 Å². The average Bonchev–Trinajstić information content (AvgIpc) is 3.41. The Labute approximate surface area is 228 Å². The highest BCUT2D eigenvalue weighted by Gasteiger charge is 2.49. The molecule has 0 saturated carbocycles. The number of benzene rings is 2. The molecule has 0 aliphatic carbocycles. The number of hydrogen-bond acceptors (Lipinski definition) is 6. The summed E-state index contributed by atoms with van der Waals surface area (Å²) in [6.07, 6.45) is 1.83. The molecule has 4 rings (SSSR count). The van der Waals surface area contributed by atoms with Crippen LogP contribution in [0.2, 0.25) is 0 Å². The van der Waals surface area contributed by atoms with E-state index in [0.717, 1.165) is 10.7 Å². The zero-order valence-corrected chi connectivity index (χ0v) is 22.1. The van der Waals surface area contributed by atoms with Crippen LogP contribution in [0.1, 0.15) is 39.2 Å². The van der Waals surface area contributed by atoms with Crippen molar-refractivity contribution in [3.05, 3.63) is 77.4 Å². The Hall–Kier alpha value is -4.39. The lowest BCUT2D eigenvalue weighted by atomic mass is 10.0. The number of nitrogens with zero attached hydrogens (tertiary/aromatic N) is 3. The first-order chi connectivity index (χ1) is 18.9. The van der Waals surface area contributed by atoms with Gasteiger partial charge >= 0.3 is 0 Å². The molecule has 1 fully saturated rings. The van der Waals surface area contributed by atoms with Crippen LogP contribution >= 0.6 is 0 Å². The van der Waals surface area contributed by atoms with E-state index in [1.807, 2.05) is 0 Å². The van der Waals surface area contributed by atoms with E-state index in [1.165, 1.54) is 30.2 Å². The summed E-state index contributed by atoms with van der Waals surface area (Å²) in [5.74, 6) is -5.07. The fourth-order valence-corrected chi connectivity index (χ4v) is 4.26. The number of allylic oxidation sites excluding steroid dienone is 1. The minimum absolute atomic E-state index is 0.00522. The molecule has 2 amide bonds. The SMILES string of the molecule is C/C=C/F.COc1ccc(F)cc1C(=O)NCc1ccc(-c2nn(C3CN(C)CC3(F)F)c(N)c2C(N)=O)cc1. The Balaban J connectivity index is 0.00000103. The molecule has 2 aromatic carbocycles. The van der Waals surface area contributed by atoms with Crippen LogP contribution in [0.3, 0.4) is 0 Å². The summed E-state index contributed by atoms with van der Waals surface area (Å²) in [4.78, 5) is 26.1. The molecule has 0 spiro atoms. The number of aromatic nitrogens is 2. The zero-order valence-electron chi connectivity index (χ0n) is 22.1. The van der Waals surface area contributed by atoms with Gasteiger partial charge in [0.1, 0.15) is 34.7 Å². The van der Waals surface area contributed by atoms with Crippen molar-refractivity contribution in [2.75, 3.05) is 33.0 Å². The van der Waals surface area contributed by atoms with Crippen molar-refractivity contribution in [1.82, 2.24) is 20.0 Å². The summed E-state index contributed by atoms with van der Waals surface area (Å²) in [7, 11) is 2.94. The van der Waals surface area contributed by atoms with Gasteiger partial charge in [-0.05, 0) is 37.7 Å². The Morgan fingerprint density at radius 1 is 1.23 bits per heavy atom. The molecule has 9 nitrogen and oxygen atoms in total. The third-order valence-electron chi connectivity index (χ3n) is 6.15. The normalized spacial score (nSPS) is 16.4. The maximum Gasteiger partial charge on any atom is 0.283 e. The van der Waals surface area contributed by atoms with Crippen molar-refractivity contribution < 1.29 is 31.9 Å². The number of anilines is 1. The molecule has 1 saturated heterocycles. The third kappa shape index (κ3) is 6.60. The monoisotopic (exact) mass is 562 g/mol. The van der Waals surface area contributed by atoms with Crippen LogP contribution in [0.4, 0.5) is 23.4 Å². The number of nitrogen functional groups attached to an aromatic ring is 1. The maximum atomic E-state index is 14.5. The molecule has 3 aromatic rings. The number of rotatable bonds is 7. The first kappa shape index (κ1) is 30.2. The van der Waals surface area contributed by atoms with Crippen LogP contribution in [0.25, 0.3) is 11.3 Å². The van der Waals surface area contributed by atoms with Gasteiger partial charge in [-0.25, -0.2) is 22.2 Å². The minimum Gasteiger partial charge on any atom is -0.496 e. The van der Waals surface area contributed by atoms with Crippen LogP contribution in [0.5, 0.6) is 5.75 Å². The minimum atomic E-state index is -3.09. The number of nitrogens with two attached hydrogens (primary N) is 2. The number of primary amides is 1. The second-order valence-electron chi connectivity index (χ2n) is 9.07. The quantitative estimate of drug-likeness (QED) is 0.375. The Morgan fingerprint density at radius 2 is 1.88 bits per heavy atom. The van der Waals surface area contributed by atoms with Gasteiger partial charge in [-0.3, -0.25) is 14.5 Å². The Morgan fingerprint density at radius 3 is 2.40 bits per heavy atom. The summed E-state index contributed by atoms with van der Waals surface area (Å²) < 4.78 is 59.2. The number of nitrogens with one attached hydrogen (secondary N) is 1. The summed E-state index contributed by atoms with van der Waals surface area (Å²) in [5.41, 5.74) is 12.7. The van der Waals surface area contributed by atoms with Crippen molar-refractivity contribution in [2.45, 2.75) is 25.4 Å². The van der Waals surface area contributed by atoms with Gasteiger partial charge in [0.05, 0.1) is 25.5 Å². The highest BCUT2D eigenvalue weighted by molar-refractivity contribution is 6.03. The standard InChI is InChI=1S/C24H25F3N6O3.C3H5F/c1-32-11-18(24(26,27)12-32)33-21(28)19(22(29)34)20(31-33)14-5-3-13(4-6-14)10-30-23(35)16-9-15(25)7-8-17(16)36-2;1-2-3-4/h3-9,18H,10-12,28H2,1-2H3,(H2,29,34)(H,30,35);2-3H,1H3/b;3-2+. The maximum absolute atomic E-state index is 14.5. The highest BCUT2D eigenvalue weighted by Crippen LogP contribution is 2.39. The van der Waals surface area contributed by atoms with Crippen molar-refractivity contribution in [1.29, 1.82) is 0 Å². The number of halogens is 4. The van der Waals surface area contributed by atoms with E-state index in [4.69, 9.17) is 16.2 Å². The van der Waals surface area contributed by atoms with Crippen LogP contribution in [0.15, 0.2) is 54.9 Å². The van der Waals surface area contributed by atoms with Crippen LogP contribution in [0, 0.1) is 5.82 Å². The summed E-state index contributed by atoms with van der Waals surface area (Å²) >= 11 is 0. The lowest BCUT2D eigenvalue weighted by Gasteiger charge is -2.19. The number of alkyl halides is 2. The summed E-state index contributed by atoms with van der Waals surface area (Å²) in [6, 6.07) is 8.84. The number of amides is 2. The number of hydrogen-bond donors (Lipinski definition) is 3. The molecule has 2 heterocycles. The first-order valence-corrected chi connectivity index (χ1v) is 12.1. The van der Waals surface area contributed by atoms with E-state index in [1.54, 1.807) is 38.2 Å². The lowest BCUT2D eigenvalue weighted by molar-refractivity contribution is -0.0232. The molecule has 1 aliphatic heterocycles. The van der Waals surface area contributed by atoms with E-state index < -0.39 is 36.1 Å². The average molecular weight is 563 g/mol. The predicted molar refractivity (Wildman–Crippen MR) is 142 cm³/mol. The molecular weight excluding hydrogens is 532 g/mol. The van der Waals surface area contributed by atoms with Crippen molar-refractivity contribution in [3.8, 4) is 17.0 Å². The van der Waals surface area contributed by atoms with E-state index in [-0.39, 0.29) is 41.5 Å². The largest absolute Gasteiger partial charge is 0.496 e. The Kier molecular flexibility index (Phi) is 9.53. The van der Waals surface area contributed by atoms with Crippen LogP contribution in [-0.2, 0) is 6.54 Å². The lowest BCUT2D eigenvalue weighted by Crippen LogP contribution is -2.31. The van der Waals surface area contributed by atoms with Gasteiger partial charge in [-0.1, -0.05) is 30.3 Å². The molecule has 1 aliphatic rings. The van der Waals surface area contributed by atoms with Crippen LogP contribution < -0.4 is 21.5 Å². The first-order valence-electron chi connectivity index (χ1n) is 12.1. The number of likely N-dealkylation sites (tertiary alicyclic amines) is 1. The predicted octanol–water partition coefficient (Wildman–Crippen LogP) is 3.92. The number of methoxy groups -OCH3 is 1. The second kappa shape index (κ2) is 12.6. The van der Waals surface area contributed by atoms with Crippen LogP contribution in [-0.4, -0.2) is 59.7 Å². The Bertz CT molecular complexity index is 1390. The van der Waals surface area contributed by atoms with Crippen molar-refractivity contribution in [3.63, 3.8) is 0 Å². The molecule has 13 heteroatoms. The number of ether oxygens (including phenoxy) is 1. The molecular formula is C27H30F4N6O3. The van der Waals surface area contributed by atoms with Gasteiger partial charge in [-0.2, -0.15) is 5.10 Å². The van der Waals surface area contributed by atoms with Gasteiger partial charge < -0.3 is 21.5 Å². The van der Waals surface area contributed by atoms with Gasteiger partial charge in [0.15, 0.2) is 0 Å². The van der Waals surface area contributed by atoms with E-state index in [0.29, 0.717) is 17.5 Å². The smallest absolute Gasteiger partial charge is 0.283 e. The fraction of sp³-hybridized carbons (Fsp3) is 0.296. The van der Waals surface area contributed by atoms with E-state index in [2.05, 4.69) is 10.4 Å². The molecule has 0 bridgehead atoms. The topological polar surface area (TPSA) is 128 Å². The molecule has 1 aromatic heterocycles. The molecule has 1 unspecified atom stereocenters. The van der Waals surface area contributed by atoms with Gasteiger partial charge in [0.25, 0.3) is 17.7 Å². The second-order valence-corrected chi connectivity index (χ2v) is 9.07. The third-order valence-corrected chi connectivity index (χ3v) is 6.15. The highest BCUT2D eigenvalue weighted by atomic mass is 19.3. The number of likely N-dealkylation sites (N-methyl/N-ethyl adjacent to an activating group) is 1. The van der Waals surface area contributed by atoms with E-state index >= 15 is 0 Å². The molecule has 1 atom stereocenters. The summed E-state index contributed by atoms with van der Waals surface area (Å²) in [6.45, 7) is 1.28. The van der Waals surface area contributed by atoms with Gasteiger partial charge in [0, 0.05) is 18.7 Å².